The average Bonchev–Trinajstić information content (AvgIpc) is 2.15. The molecule has 0 unspecified atom stereocenters. The minimum absolute atomic E-state index is 0.249. The zero-order valence-electron chi connectivity index (χ0n) is 9.57. The van der Waals surface area contributed by atoms with Crippen LogP contribution in [0.2, 0.25) is 0 Å². The van der Waals surface area contributed by atoms with Gasteiger partial charge in [0.1, 0.15) is 17.1 Å². The average molecular weight is 238 g/mol. The fraction of sp³-hybridized carbons (Fsp3) is 0.417. The highest BCUT2D eigenvalue weighted by molar-refractivity contribution is 8.12. The van der Waals surface area contributed by atoms with Gasteiger partial charge in [0.05, 0.1) is 0 Å². The van der Waals surface area contributed by atoms with Crippen molar-refractivity contribution in [2.45, 2.75) is 32.1 Å². The molecule has 0 amide bonds. The molecule has 1 aliphatic heterocycles. The molecular weight excluding hydrogens is 224 g/mol. The van der Waals surface area contributed by atoms with Crippen LogP contribution in [0.4, 0.5) is 4.79 Å². The molecule has 3 nitrogen and oxygen atoms in total. The van der Waals surface area contributed by atoms with Crippen LogP contribution in [0.25, 0.3) is 0 Å². The van der Waals surface area contributed by atoms with Crippen molar-refractivity contribution in [1.82, 2.24) is 0 Å². The third kappa shape index (κ3) is 2.50. The summed E-state index contributed by atoms with van der Waals surface area (Å²) in [5.41, 5.74) is 0.711. The maximum absolute atomic E-state index is 11.1. The van der Waals surface area contributed by atoms with Crippen molar-refractivity contribution >= 4 is 17.1 Å². The Morgan fingerprint density at radius 3 is 2.81 bits per heavy atom. The molecule has 0 atom stereocenters. The second-order valence-electron chi connectivity index (χ2n) is 4.59. The van der Waals surface area contributed by atoms with Crippen LogP contribution in [0.5, 0.6) is 11.5 Å². The number of hydrogen-bond donors (Lipinski definition) is 0. The molecule has 0 radical (unpaired) electrons. The highest BCUT2D eigenvalue weighted by atomic mass is 32.2. The first-order valence-electron chi connectivity index (χ1n) is 5.11. The van der Waals surface area contributed by atoms with E-state index >= 15 is 0 Å². The largest absolute Gasteiger partial charge is 0.488 e. The quantitative estimate of drug-likeness (QED) is 0.700. The van der Waals surface area contributed by atoms with Crippen molar-refractivity contribution in [2.24, 2.45) is 0 Å². The lowest BCUT2D eigenvalue weighted by Gasteiger charge is -2.25. The van der Waals surface area contributed by atoms with Crippen LogP contribution in [0.1, 0.15) is 26.3 Å². The molecule has 2 rings (SSSR count). The first-order valence-corrected chi connectivity index (χ1v) is 6.10. The zero-order valence-corrected chi connectivity index (χ0v) is 10.4. The fourth-order valence-electron chi connectivity index (χ4n) is 1.46. The molecule has 1 aromatic carbocycles. The zero-order chi connectivity index (χ0) is 11.8. The molecule has 0 saturated heterocycles. The summed E-state index contributed by atoms with van der Waals surface area (Å²) in [5, 5.41) is -0.250. The van der Waals surface area contributed by atoms with E-state index in [-0.39, 0.29) is 10.9 Å². The molecule has 0 saturated carbocycles. The molecule has 0 spiro atoms. The molecule has 0 aliphatic carbocycles. The Bertz CT molecular complexity index is 421. The number of carbonyl (C=O) groups excluding carboxylic acids is 1. The van der Waals surface area contributed by atoms with E-state index in [2.05, 4.69) is 0 Å². The summed E-state index contributed by atoms with van der Waals surface area (Å²) >= 11 is 1.16. The minimum atomic E-state index is -0.250. The first-order chi connectivity index (χ1) is 7.46. The molecule has 16 heavy (non-hydrogen) atoms. The van der Waals surface area contributed by atoms with Crippen LogP contribution in [-0.2, 0) is 5.75 Å². The summed E-state index contributed by atoms with van der Waals surface area (Å²) < 4.78 is 11.0. The lowest BCUT2D eigenvalue weighted by molar-refractivity contribution is 0.129. The topological polar surface area (TPSA) is 35.5 Å². The predicted octanol–water partition coefficient (Wildman–Crippen LogP) is 3.61. The van der Waals surface area contributed by atoms with Gasteiger partial charge in [-0.25, -0.2) is 4.79 Å². The number of ether oxygens (including phenoxy) is 2. The second-order valence-corrected chi connectivity index (χ2v) is 5.50. The molecule has 1 aliphatic rings. The fourth-order valence-corrected chi connectivity index (χ4v) is 2.15. The van der Waals surface area contributed by atoms with E-state index in [0.29, 0.717) is 11.5 Å². The molecule has 1 aromatic rings. The SMILES string of the molecule is CC(C)(C)Oc1cccc2c1CSC(=O)O2. The maximum atomic E-state index is 11.1. The minimum Gasteiger partial charge on any atom is -0.488 e. The van der Waals surface area contributed by atoms with Crippen molar-refractivity contribution < 1.29 is 14.3 Å². The Morgan fingerprint density at radius 1 is 1.38 bits per heavy atom. The van der Waals surface area contributed by atoms with Crippen LogP contribution >= 0.6 is 11.8 Å². The van der Waals surface area contributed by atoms with Gasteiger partial charge >= 0.3 is 5.30 Å². The number of thioether (sulfide) groups is 1. The highest BCUT2D eigenvalue weighted by Gasteiger charge is 2.23. The molecule has 1 heterocycles. The van der Waals surface area contributed by atoms with E-state index < -0.39 is 0 Å². The van der Waals surface area contributed by atoms with Crippen molar-refractivity contribution in [3.63, 3.8) is 0 Å². The molecule has 0 N–H and O–H groups in total. The number of carbonyl (C=O) groups is 1. The molecular formula is C12H14O3S. The van der Waals surface area contributed by atoms with Crippen LogP contribution in [-0.4, -0.2) is 10.9 Å². The van der Waals surface area contributed by atoms with Crippen molar-refractivity contribution in [1.29, 1.82) is 0 Å². The third-order valence-corrected chi connectivity index (χ3v) is 2.79. The van der Waals surface area contributed by atoms with Gasteiger partial charge in [0.25, 0.3) is 0 Å². The van der Waals surface area contributed by atoms with Gasteiger partial charge in [-0.3, -0.25) is 0 Å². The Kier molecular flexibility index (Phi) is 2.84. The Hall–Kier alpha value is -1.16. The third-order valence-electron chi connectivity index (χ3n) is 2.03. The Morgan fingerprint density at radius 2 is 2.12 bits per heavy atom. The van der Waals surface area contributed by atoms with E-state index in [4.69, 9.17) is 9.47 Å². The Balaban J connectivity index is 2.34. The first kappa shape index (κ1) is 11.3. The van der Waals surface area contributed by atoms with E-state index in [1.165, 1.54) is 0 Å². The molecule has 0 aromatic heterocycles. The van der Waals surface area contributed by atoms with Gasteiger partial charge in [0, 0.05) is 11.3 Å². The van der Waals surface area contributed by atoms with Gasteiger partial charge in [-0.15, -0.1) is 0 Å². The van der Waals surface area contributed by atoms with Crippen molar-refractivity contribution in [2.75, 3.05) is 0 Å². The van der Waals surface area contributed by atoms with Gasteiger partial charge in [-0.1, -0.05) is 6.07 Å². The maximum Gasteiger partial charge on any atom is 0.373 e. The summed E-state index contributed by atoms with van der Waals surface area (Å²) in [6.07, 6.45) is 0. The van der Waals surface area contributed by atoms with Crippen molar-refractivity contribution in [3.8, 4) is 11.5 Å². The molecule has 0 bridgehead atoms. The molecule has 86 valence electrons. The normalized spacial score (nSPS) is 15.3. The van der Waals surface area contributed by atoms with Gasteiger partial charge in [0.15, 0.2) is 0 Å². The van der Waals surface area contributed by atoms with Crippen LogP contribution in [0.3, 0.4) is 0 Å². The van der Waals surface area contributed by atoms with Crippen LogP contribution in [0.15, 0.2) is 18.2 Å². The van der Waals surface area contributed by atoms with E-state index in [1.807, 2.05) is 32.9 Å². The number of hydrogen-bond acceptors (Lipinski definition) is 4. The summed E-state index contributed by atoms with van der Waals surface area (Å²) in [6.45, 7) is 5.98. The summed E-state index contributed by atoms with van der Waals surface area (Å²) in [5.74, 6) is 2.02. The van der Waals surface area contributed by atoms with Gasteiger partial charge in [-0.05, 0) is 44.7 Å². The standard InChI is InChI=1S/C12H14O3S/c1-12(2,3)15-10-6-4-5-9-8(10)7-16-11(13)14-9/h4-6H,7H2,1-3H3. The predicted molar refractivity (Wildman–Crippen MR) is 64.1 cm³/mol. The lowest BCUT2D eigenvalue weighted by atomic mass is 10.1. The molecule has 0 fully saturated rings. The van der Waals surface area contributed by atoms with Gasteiger partial charge in [0.2, 0.25) is 0 Å². The highest BCUT2D eigenvalue weighted by Crippen LogP contribution is 2.38. The van der Waals surface area contributed by atoms with Crippen LogP contribution < -0.4 is 9.47 Å². The number of benzene rings is 1. The summed E-state index contributed by atoms with van der Waals surface area (Å²) in [4.78, 5) is 11.1. The van der Waals surface area contributed by atoms with Crippen LogP contribution in [0, 0.1) is 0 Å². The van der Waals surface area contributed by atoms with E-state index in [1.54, 1.807) is 6.07 Å². The van der Waals surface area contributed by atoms with E-state index in [0.717, 1.165) is 23.1 Å². The van der Waals surface area contributed by atoms with E-state index in [9.17, 15) is 4.79 Å². The summed E-state index contributed by atoms with van der Waals surface area (Å²) in [7, 11) is 0. The monoisotopic (exact) mass is 238 g/mol. The van der Waals surface area contributed by atoms with Crippen molar-refractivity contribution in [3.05, 3.63) is 23.8 Å². The molecule has 4 heteroatoms. The lowest BCUT2D eigenvalue weighted by Crippen LogP contribution is -2.24. The second kappa shape index (κ2) is 4.01. The number of fused-ring (bicyclic) bond motifs is 1. The Labute approximate surface area is 99.1 Å². The van der Waals surface area contributed by atoms with Gasteiger partial charge in [-0.2, -0.15) is 0 Å². The van der Waals surface area contributed by atoms with Gasteiger partial charge < -0.3 is 9.47 Å². The summed E-state index contributed by atoms with van der Waals surface area (Å²) in [6, 6.07) is 5.54. The smallest absolute Gasteiger partial charge is 0.373 e. The number of rotatable bonds is 1.